The van der Waals surface area contributed by atoms with Crippen molar-refractivity contribution in [2.24, 2.45) is 5.16 Å². The molecule has 1 amide bonds. The van der Waals surface area contributed by atoms with Crippen LogP contribution in [0.3, 0.4) is 0 Å². The van der Waals surface area contributed by atoms with E-state index in [9.17, 15) is 4.79 Å². The summed E-state index contributed by atoms with van der Waals surface area (Å²) in [5.41, 5.74) is 7.05. The topological polar surface area (TPSA) is 76.7 Å². The second-order valence-corrected chi connectivity index (χ2v) is 2.82. The third kappa shape index (κ3) is 2.70. The first-order chi connectivity index (χ1) is 7.19. The maximum atomic E-state index is 11.4. The van der Waals surface area contributed by atoms with Crippen LogP contribution in [0.2, 0.25) is 0 Å². The molecule has 0 aliphatic carbocycles. The van der Waals surface area contributed by atoms with Gasteiger partial charge in [-0.25, -0.2) is 0 Å². The molecule has 0 atom stereocenters. The van der Waals surface area contributed by atoms with Crippen molar-refractivity contribution >= 4 is 17.3 Å². The molecule has 0 aromatic heterocycles. The van der Waals surface area contributed by atoms with Crippen LogP contribution in [0, 0.1) is 0 Å². The smallest absolute Gasteiger partial charge is 0.273 e. The Bertz CT molecular complexity index is 371. The van der Waals surface area contributed by atoms with E-state index in [4.69, 9.17) is 5.73 Å². The zero-order chi connectivity index (χ0) is 11.3. The maximum Gasteiger partial charge on any atom is 0.273 e. The number of hydrogen-bond acceptors (Lipinski definition) is 4. The standard InChI is InChI=1S/C10H13N3O2/c1-12-10(14)9(13-15-2)7-3-5-8(11)6-4-7/h3-6H,11H2,1-2H3,(H,12,14)/b13-9-. The fourth-order valence-electron chi connectivity index (χ4n) is 1.08. The molecule has 0 unspecified atom stereocenters. The fourth-order valence-corrected chi connectivity index (χ4v) is 1.08. The van der Waals surface area contributed by atoms with Gasteiger partial charge >= 0.3 is 0 Å². The highest BCUT2D eigenvalue weighted by atomic mass is 16.6. The normalized spacial score (nSPS) is 10.9. The summed E-state index contributed by atoms with van der Waals surface area (Å²) < 4.78 is 0. The number of rotatable bonds is 3. The lowest BCUT2D eigenvalue weighted by Crippen LogP contribution is -2.28. The van der Waals surface area contributed by atoms with Gasteiger partial charge in [-0.15, -0.1) is 0 Å². The summed E-state index contributed by atoms with van der Waals surface area (Å²) in [5.74, 6) is -0.304. The minimum absolute atomic E-state index is 0.222. The van der Waals surface area contributed by atoms with Gasteiger partial charge in [0.1, 0.15) is 7.11 Å². The largest absolute Gasteiger partial charge is 0.399 e. The Hall–Kier alpha value is -2.04. The fraction of sp³-hybridized carbons (Fsp3) is 0.200. The third-order valence-electron chi connectivity index (χ3n) is 1.81. The molecule has 3 N–H and O–H groups in total. The van der Waals surface area contributed by atoms with E-state index in [0.717, 1.165) is 0 Å². The first kappa shape index (κ1) is 11.0. The van der Waals surface area contributed by atoms with Gasteiger partial charge in [-0.2, -0.15) is 0 Å². The molecule has 0 fully saturated rings. The molecule has 0 aliphatic rings. The molecule has 1 aromatic rings. The number of benzene rings is 1. The quantitative estimate of drug-likeness (QED) is 0.427. The number of carbonyl (C=O) groups excluding carboxylic acids is 1. The van der Waals surface area contributed by atoms with Crippen molar-refractivity contribution in [2.45, 2.75) is 0 Å². The molecule has 0 saturated heterocycles. The van der Waals surface area contributed by atoms with E-state index in [-0.39, 0.29) is 11.6 Å². The summed E-state index contributed by atoms with van der Waals surface area (Å²) in [6, 6.07) is 6.82. The lowest BCUT2D eigenvalue weighted by Gasteiger charge is -2.04. The van der Waals surface area contributed by atoms with Crippen LogP contribution in [0.4, 0.5) is 5.69 Å². The van der Waals surface area contributed by atoms with Crippen LogP contribution in [0.1, 0.15) is 5.56 Å². The van der Waals surface area contributed by atoms with E-state index in [1.165, 1.54) is 14.2 Å². The van der Waals surface area contributed by atoms with E-state index < -0.39 is 0 Å². The van der Waals surface area contributed by atoms with Gasteiger partial charge in [0.15, 0.2) is 5.71 Å². The first-order valence-corrected chi connectivity index (χ1v) is 4.38. The van der Waals surface area contributed by atoms with Crippen LogP contribution in [0.5, 0.6) is 0 Å². The molecule has 0 spiro atoms. The summed E-state index contributed by atoms with van der Waals surface area (Å²) in [6.07, 6.45) is 0. The Morgan fingerprint density at radius 1 is 1.40 bits per heavy atom. The molecule has 5 heteroatoms. The maximum absolute atomic E-state index is 11.4. The Balaban J connectivity index is 3.05. The Kier molecular flexibility index (Phi) is 3.68. The summed E-state index contributed by atoms with van der Waals surface area (Å²) in [7, 11) is 2.92. The second-order valence-electron chi connectivity index (χ2n) is 2.82. The number of nitrogen functional groups attached to an aromatic ring is 1. The van der Waals surface area contributed by atoms with Crippen molar-refractivity contribution in [2.75, 3.05) is 19.9 Å². The van der Waals surface area contributed by atoms with Gasteiger partial charge in [0.05, 0.1) is 0 Å². The summed E-state index contributed by atoms with van der Waals surface area (Å²) in [5, 5.41) is 6.14. The van der Waals surface area contributed by atoms with E-state index in [0.29, 0.717) is 11.3 Å². The van der Waals surface area contributed by atoms with E-state index in [2.05, 4.69) is 15.3 Å². The van der Waals surface area contributed by atoms with Crippen molar-refractivity contribution < 1.29 is 9.63 Å². The average molecular weight is 207 g/mol. The van der Waals surface area contributed by atoms with Gasteiger partial charge in [0, 0.05) is 18.3 Å². The average Bonchev–Trinajstić information content (AvgIpc) is 2.26. The molecular formula is C10H13N3O2. The van der Waals surface area contributed by atoms with Crippen molar-refractivity contribution in [3.63, 3.8) is 0 Å². The monoisotopic (exact) mass is 207 g/mol. The third-order valence-corrected chi connectivity index (χ3v) is 1.81. The van der Waals surface area contributed by atoms with Gasteiger partial charge in [-0.3, -0.25) is 4.79 Å². The molecule has 5 nitrogen and oxygen atoms in total. The summed E-state index contributed by atoms with van der Waals surface area (Å²) in [6.45, 7) is 0. The zero-order valence-corrected chi connectivity index (χ0v) is 8.65. The lowest BCUT2D eigenvalue weighted by molar-refractivity contribution is -0.114. The highest BCUT2D eigenvalue weighted by Crippen LogP contribution is 2.07. The van der Waals surface area contributed by atoms with E-state index in [1.54, 1.807) is 24.3 Å². The van der Waals surface area contributed by atoms with Crippen molar-refractivity contribution in [1.82, 2.24) is 5.32 Å². The number of oxime groups is 1. The van der Waals surface area contributed by atoms with E-state index in [1.807, 2.05) is 0 Å². The number of anilines is 1. The molecule has 0 bridgehead atoms. The molecule has 15 heavy (non-hydrogen) atoms. The summed E-state index contributed by atoms with van der Waals surface area (Å²) in [4.78, 5) is 16.0. The Labute approximate surface area is 87.9 Å². The lowest BCUT2D eigenvalue weighted by atomic mass is 10.1. The number of hydrogen-bond donors (Lipinski definition) is 2. The van der Waals surface area contributed by atoms with Crippen LogP contribution in [-0.2, 0) is 9.63 Å². The Morgan fingerprint density at radius 2 is 2.00 bits per heavy atom. The number of nitrogens with two attached hydrogens (primary N) is 1. The predicted octanol–water partition coefficient (Wildman–Crippen LogP) is 0.365. The van der Waals surface area contributed by atoms with E-state index >= 15 is 0 Å². The van der Waals surface area contributed by atoms with Gasteiger partial charge in [-0.1, -0.05) is 17.3 Å². The van der Waals surface area contributed by atoms with Gasteiger partial charge in [0.2, 0.25) is 0 Å². The second kappa shape index (κ2) is 4.99. The number of amides is 1. The van der Waals surface area contributed by atoms with Gasteiger partial charge < -0.3 is 15.9 Å². The molecule has 0 aliphatic heterocycles. The van der Waals surface area contributed by atoms with Gasteiger partial charge in [0.25, 0.3) is 5.91 Å². The van der Waals surface area contributed by atoms with Crippen molar-refractivity contribution in [1.29, 1.82) is 0 Å². The minimum Gasteiger partial charge on any atom is -0.399 e. The number of nitrogens with zero attached hydrogens (tertiary/aromatic N) is 1. The molecule has 0 radical (unpaired) electrons. The van der Waals surface area contributed by atoms with Crippen LogP contribution < -0.4 is 11.1 Å². The molecule has 0 saturated carbocycles. The molecule has 80 valence electrons. The van der Waals surface area contributed by atoms with Crippen LogP contribution >= 0.6 is 0 Å². The molecule has 1 rings (SSSR count). The molecule has 1 aromatic carbocycles. The number of likely N-dealkylation sites (N-methyl/N-ethyl adjacent to an activating group) is 1. The Morgan fingerprint density at radius 3 is 2.47 bits per heavy atom. The number of nitrogens with one attached hydrogen (secondary N) is 1. The van der Waals surface area contributed by atoms with Crippen molar-refractivity contribution in [3.05, 3.63) is 29.8 Å². The van der Waals surface area contributed by atoms with Crippen LogP contribution in [0.25, 0.3) is 0 Å². The minimum atomic E-state index is -0.304. The highest BCUT2D eigenvalue weighted by Gasteiger charge is 2.12. The van der Waals surface area contributed by atoms with Crippen LogP contribution in [0.15, 0.2) is 29.4 Å². The number of carbonyl (C=O) groups is 1. The van der Waals surface area contributed by atoms with Gasteiger partial charge in [-0.05, 0) is 12.1 Å². The summed E-state index contributed by atoms with van der Waals surface area (Å²) >= 11 is 0. The van der Waals surface area contributed by atoms with Crippen molar-refractivity contribution in [3.8, 4) is 0 Å². The zero-order valence-electron chi connectivity index (χ0n) is 8.65. The predicted molar refractivity (Wildman–Crippen MR) is 58.5 cm³/mol. The molecular weight excluding hydrogens is 194 g/mol. The van der Waals surface area contributed by atoms with Crippen LogP contribution in [-0.4, -0.2) is 25.8 Å². The highest BCUT2D eigenvalue weighted by molar-refractivity contribution is 6.45. The first-order valence-electron chi connectivity index (χ1n) is 4.38. The SMILES string of the molecule is CNC(=O)/C(=N\OC)c1ccc(N)cc1. The molecule has 0 heterocycles.